The van der Waals surface area contributed by atoms with E-state index in [1.807, 2.05) is 13.8 Å². The highest BCUT2D eigenvalue weighted by Crippen LogP contribution is 2.15. The minimum Gasteiger partial charge on any atom is -0.482 e. The van der Waals surface area contributed by atoms with Gasteiger partial charge in [-0.05, 0) is 36.8 Å². The van der Waals surface area contributed by atoms with E-state index in [1.165, 1.54) is 5.56 Å². The van der Waals surface area contributed by atoms with Crippen LogP contribution in [0.5, 0.6) is 5.75 Å². The number of benzene rings is 1. The van der Waals surface area contributed by atoms with Gasteiger partial charge in [0.15, 0.2) is 31.1 Å². The maximum atomic E-state index is 11.7. The van der Waals surface area contributed by atoms with Gasteiger partial charge in [0.1, 0.15) is 5.75 Å². The first kappa shape index (κ1) is 17.3. The molecule has 0 unspecified atom stereocenters. The number of hydrogen-bond acceptors (Lipinski definition) is 3. The summed E-state index contributed by atoms with van der Waals surface area (Å²) in [5.41, 5.74) is 3.52. The van der Waals surface area contributed by atoms with Crippen molar-refractivity contribution in [3.05, 3.63) is 58.4 Å². The smallest absolute Gasteiger partial charge is 0.344 e. The fraction of sp³-hybridized carbons (Fsp3) is 0.333. The number of aryl methyl sites for hydroxylation is 3. The molecule has 122 valence electrons. The fourth-order valence-electron chi connectivity index (χ4n) is 2.45. The average Bonchev–Trinajstić information content (AvgIpc) is 2.49. The van der Waals surface area contributed by atoms with Crippen molar-refractivity contribution >= 4 is 17.6 Å². The molecule has 0 aliphatic rings. The van der Waals surface area contributed by atoms with Crippen LogP contribution in [0, 0.1) is 20.8 Å². The van der Waals surface area contributed by atoms with Gasteiger partial charge in [-0.3, -0.25) is 0 Å². The monoisotopic (exact) mass is 334 g/mol. The molecule has 0 aliphatic heterocycles. The third-order valence-electron chi connectivity index (χ3n) is 3.47. The fourth-order valence-corrected chi connectivity index (χ4v) is 2.58. The van der Waals surface area contributed by atoms with Gasteiger partial charge < -0.3 is 9.47 Å². The van der Waals surface area contributed by atoms with Gasteiger partial charge in [-0.1, -0.05) is 11.6 Å². The van der Waals surface area contributed by atoms with Gasteiger partial charge in [0, 0.05) is 31.0 Å². The molecule has 23 heavy (non-hydrogen) atoms. The van der Waals surface area contributed by atoms with Crippen molar-refractivity contribution in [2.45, 2.75) is 27.3 Å². The van der Waals surface area contributed by atoms with Gasteiger partial charge in [0.25, 0.3) is 0 Å². The van der Waals surface area contributed by atoms with Crippen LogP contribution in [0.4, 0.5) is 0 Å². The van der Waals surface area contributed by atoms with Gasteiger partial charge in [0.2, 0.25) is 0 Å². The molecule has 0 bridgehead atoms. The van der Waals surface area contributed by atoms with E-state index in [4.69, 9.17) is 21.1 Å². The molecule has 2 rings (SSSR count). The van der Waals surface area contributed by atoms with Gasteiger partial charge >= 0.3 is 5.97 Å². The first-order valence-electron chi connectivity index (χ1n) is 7.47. The lowest BCUT2D eigenvalue weighted by Gasteiger charge is -2.08. The van der Waals surface area contributed by atoms with Gasteiger partial charge in [-0.25, -0.2) is 4.79 Å². The Hall–Kier alpha value is -2.07. The molecule has 0 atom stereocenters. The summed E-state index contributed by atoms with van der Waals surface area (Å²) in [5.74, 6) is 0.203. The summed E-state index contributed by atoms with van der Waals surface area (Å²) in [5, 5.41) is 0.626. The molecule has 1 aromatic carbocycles. The number of carbonyl (C=O) groups excluding carboxylic acids is 1. The lowest BCUT2D eigenvalue weighted by molar-refractivity contribution is -0.709. The SMILES string of the molecule is Cc1cc(C)[n+](CCOC(=O)COc2ccc(Cl)cc2)c(C)c1. The largest absolute Gasteiger partial charge is 0.482 e. The maximum absolute atomic E-state index is 11.7. The molecule has 0 aliphatic carbocycles. The first-order chi connectivity index (χ1) is 11.0. The Morgan fingerprint density at radius 1 is 1.09 bits per heavy atom. The molecule has 0 radical (unpaired) electrons. The highest BCUT2D eigenvalue weighted by Gasteiger charge is 2.12. The Morgan fingerprint density at radius 3 is 2.30 bits per heavy atom. The number of pyridine rings is 1. The highest BCUT2D eigenvalue weighted by atomic mass is 35.5. The zero-order valence-electron chi connectivity index (χ0n) is 13.6. The van der Waals surface area contributed by atoms with E-state index in [-0.39, 0.29) is 12.6 Å². The van der Waals surface area contributed by atoms with E-state index in [0.717, 1.165) is 11.4 Å². The lowest BCUT2D eigenvalue weighted by Crippen LogP contribution is -2.42. The predicted molar refractivity (Wildman–Crippen MR) is 88.8 cm³/mol. The number of nitrogens with zero attached hydrogens (tertiary/aromatic N) is 1. The van der Waals surface area contributed by atoms with Crippen LogP contribution in [0.1, 0.15) is 17.0 Å². The maximum Gasteiger partial charge on any atom is 0.344 e. The van der Waals surface area contributed by atoms with Crippen LogP contribution in [-0.4, -0.2) is 19.2 Å². The second-order valence-electron chi connectivity index (χ2n) is 5.43. The lowest BCUT2D eigenvalue weighted by atomic mass is 10.2. The summed E-state index contributed by atoms with van der Waals surface area (Å²) in [4.78, 5) is 11.7. The predicted octanol–water partition coefficient (Wildman–Crippen LogP) is 3.17. The Bertz CT molecular complexity index is 660. The molecule has 1 aromatic heterocycles. The first-order valence-corrected chi connectivity index (χ1v) is 7.85. The zero-order valence-corrected chi connectivity index (χ0v) is 14.4. The number of esters is 1. The Balaban J connectivity index is 1.78. The van der Waals surface area contributed by atoms with E-state index in [2.05, 4.69) is 23.6 Å². The molecular formula is C18H21ClNO3+. The molecule has 0 fully saturated rings. The van der Waals surface area contributed by atoms with Crippen molar-refractivity contribution in [2.24, 2.45) is 0 Å². The second kappa shape index (κ2) is 7.97. The van der Waals surface area contributed by atoms with Crippen molar-refractivity contribution in [1.29, 1.82) is 0 Å². The van der Waals surface area contributed by atoms with Crippen LogP contribution in [0.25, 0.3) is 0 Å². The van der Waals surface area contributed by atoms with Crippen LogP contribution in [0.3, 0.4) is 0 Å². The highest BCUT2D eigenvalue weighted by molar-refractivity contribution is 6.30. The Kier molecular flexibility index (Phi) is 5.99. The standard InChI is InChI=1S/C18H21ClNO3/c1-13-10-14(2)20(15(3)11-13)8-9-22-18(21)12-23-17-6-4-16(19)5-7-17/h4-7,10-11H,8-9,12H2,1-3H3/q+1. The Labute approximate surface area is 141 Å². The van der Waals surface area contributed by atoms with Crippen LogP contribution >= 0.6 is 11.6 Å². The van der Waals surface area contributed by atoms with Crippen molar-refractivity contribution in [3.8, 4) is 5.75 Å². The number of aromatic nitrogens is 1. The van der Waals surface area contributed by atoms with Crippen LogP contribution in [0.2, 0.25) is 5.02 Å². The third-order valence-corrected chi connectivity index (χ3v) is 3.72. The van der Waals surface area contributed by atoms with Crippen LogP contribution < -0.4 is 9.30 Å². The van der Waals surface area contributed by atoms with E-state index in [1.54, 1.807) is 24.3 Å². The molecule has 0 spiro atoms. The molecular weight excluding hydrogens is 314 g/mol. The third kappa shape index (κ3) is 5.25. The molecule has 4 nitrogen and oxygen atoms in total. The minimum absolute atomic E-state index is 0.113. The number of halogens is 1. The van der Waals surface area contributed by atoms with Crippen LogP contribution in [0.15, 0.2) is 36.4 Å². The summed E-state index contributed by atoms with van der Waals surface area (Å²) in [7, 11) is 0. The van der Waals surface area contributed by atoms with Gasteiger partial charge in [-0.2, -0.15) is 4.57 Å². The van der Waals surface area contributed by atoms with Gasteiger partial charge in [0.05, 0.1) is 0 Å². The second-order valence-corrected chi connectivity index (χ2v) is 5.87. The Morgan fingerprint density at radius 2 is 1.70 bits per heavy atom. The summed E-state index contributed by atoms with van der Waals surface area (Å²) < 4.78 is 12.7. The summed E-state index contributed by atoms with van der Waals surface area (Å²) >= 11 is 5.79. The molecule has 5 heteroatoms. The molecule has 0 saturated carbocycles. The van der Waals surface area contributed by atoms with Crippen molar-refractivity contribution < 1.29 is 18.8 Å². The quantitative estimate of drug-likeness (QED) is 0.601. The molecule has 0 amide bonds. The van der Waals surface area contributed by atoms with Crippen molar-refractivity contribution in [2.75, 3.05) is 13.2 Å². The van der Waals surface area contributed by atoms with E-state index >= 15 is 0 Å². The van der Waals surface area contributed by atoms with Crippen molar-refractivity contribution in [1.82, 2.24) is 0 Å². The van der Waals surface area contributed by atoms with E-state index < -0.39 is 0 Å². The number of hydrogen-bond donors (Lipinski definition) is 0. The zero-order chi connectivity index (χ0) is 16.8. The van der Waals surface area contributed by atoms with Gasteiger partial charge in [-0.15, -0.1) is 0 Å². The summed E-state index contributed by atoms with van der Waals surface area (Å²) in [6, 6.07) is 11.1. The number of carbonyl (C=O) groups is 1. The van der Waals surface area contributed by atoms with Crippen LogP contribution in [-0.2, 0) is 16.1 Å². The average molecular weight is 335 g/mol. The van der Waals surface area contributed by atoms with E-state index in [0.29, 0.717) is 23.9 Å². The normalized spacial score (nSPS) is 10.4. The minimum atomic E-state index is -0.386. The van der Waals surface area contributed by atoms with E-state index in [9.17, 15) is 4.79 Å². The molecule has 2 aromatic rings. The summed E-state index contributed by atoms with van der Waals surface area (Å²) in [6.45, 7) is 7.00. The molecule has 0 N–H and O–H groups in total. The topological polar surface area (TPSA) is 39.4 Å². The molecule has 1 heterocycles. The number of rotatable bonds is 6. The number of ether oxygens (including phenoxy) is 2. The molecule has 0 saturated heterocycles. The van der Waals surface area contributed by atoms with Crippen molar-refractivity contribution in [3.63, 3.8) is 0 Å². The summed E-state index contributed by atoms with van der Waals surface area (Å²) in [6.07, 6.45) is 0.